The van der Waals surface area contributed by atoms with E-state index in [0.717, 1.165) is 0 Å². The fraction of sp³-hybridized carbons (Fsp3) is 0.692. The molecule has 1 unspecified atom stereocenters. The quantitative estimate of drug-likeness (QED) is 0.593. The van der Waals surface area contributed by atoms with Gasteiger partial charge in [0.2, 0.25) is 0 Å². The first-order valence-electron chi connectivity index (χ1n) is 5.99. The molecule has 1 aromatic rings. The van der Waals surface area contributed by atoms with Gasteiger partial charge in [0.05, 0.1) is 9.16 Å². The zero-order chi connectivity index (χ0) is 11.8. The second-order valence-electron chi connectivity index (χ2n) is 4.85. The highest BCUT2D eigenvalue weighted by Gasteiger charge is 2.40. The van der Waals surface area contributed by atoms with Crippen molar-refractivity contribution < 1.29 is 0 Å². The fourth-order valence-electron chi connectivity index (χ4n) is 2.91. The summed E-state index contributed by atoms with van der Waals surface area (Å²) in [7, 11) is 0. The summed E-state index contributed by atoms with van der Waals surface area (Å²) in [6, 6.07) is 2.22. The summed E-state index contributed by atoms with van der Waals surface area (Å²) in [6.07, 6.45) is 6.49. The van der Waals surface area contributed by atoms with Crippen LogP contribution in [0.25, 0.3) is 0 Å². The van der Waals surface area contributed by atoms with E-state index in [9.17, 15) is 0 Å². The molecule has 16 heavy (non-hydrogen) atoms. The van der Waals surface area contributed by atoms with Crippen molar-refractivity contribution in [1.29, 1.82) is 0 Å². The summed E-state index contributed by atoms with van der Waals surface area (Å²) in [5.74, 6) is 0. The molecule has 1 atom stereocenters. The zero-order valence-corrected chi connectivity index (χ0v) is 13.0. The van der Waals surface area contributed by atoms with Crippen LogP contribution in [0.4, 0.5) is 0 Å². The number of thiophene rings is 1. The molecule has 1 aliphatic rings. The van der Waals surface area contributed by atoms with Gasteiger partial charge in [-0.05, 0) is 59.2 Å². The van der Waals surface area contributed by atoms with Crippen molar-refractivity contribution >= 4 is 38.9 Å². The lowest BCUT2D eigenvalue weighted by atomic mass is 9.77. The number of hydrogen-bond acceptors (Lipinski definition) is 1. The third-order valence-corrected chi connectivity index (χ3v) is 6.31. The van der Waals surface area contributed by atoms with Crippen LogP contribution in [0.5, 0.6) is 0 Å². The second-order valence-corrected chi connectivity index (χ2v) is 7.92. The number of alkyl halides is 1. The Kier molecular flexibility index (Phi) is 4.03. The van der Waals surface area contributed by atoms with Crippen molar-refractivity contribution in [2.24, 2.45) is 5.41 Å². The number of rotatable bonds is 3. The van der Waals surface area contributed by atoms with Crippen LogP contribution in [0.15, 0.2) is 9.85 Å². The summed E-state index contributed by atoms with van der Waals surface area (Å²) in [5.41, 5.74) is 1.70. The van der Waals surface area contributed by atoms with Crippen LogP contribution in [-0.2, 0) is 0 Å². The van der Waals surface area contributed by atoms with E-state index < -0.39 is 0 Å². The molecule has 3 heteroatoms. The van der Waals surface area contributed by atoms with E-state index in [1.807, 2.05) is 0 Å². The highest BCUT2D eigenvalue weighted by atomic mass is 79.9. The molecule has 0 amide bonds. The largest absolute Gasteiger partial charge is 0.133 e. The third kappa shape index (κ3) is 2.21. The minimum atomic E-state index is 0.197. The van der Waals surface area contributed by atoms with E-state index in [-0.39, 0.29) is 5.38 Å². The summed E-state index contributed by atoms with van der Waals surface area (Å²) < 4.78 is 1.20. The van der Waals surface area contributed by atoms with Crippen LogP contribution in [0.2, 0.25) is 0 Å². The Morgan fingerprint density at radius 1 is 1.50 bits per heavy atom. The molecular weight excluding hydrogens is 304 g/mol. The fourth-order valence-corrected chi connectivity index (χ4v) is 5.32. The van der Waals surface area contributed by atoms with Gasteiger partial charge >= 0.3 is 0 Å². The Labute approximate surface area is 116 Å². The monoisotopic (exact) mass is 320 g/mol. The topological polar surface area (TPSA) is 0 Å². The van der Waals surface area contributed by atoms with E-state index in [0.29, 0.717) is 5.41 Å². The molecule has 1 heterocycles. The third-order valence-electron chi connectivity index (χ3n) is 4.04. The first-order chi connectivity index (χ1) is 7.59. The van der Waals surface area contributed by atoms with Crippen molar-refractivity contribution in [3.63, 3.8) is 0 Å². The van der Waals surface area contributed by atoms with Crippen LogP contribution in [0.1, 0.15) is 54.8 Å². The molecule has 0 spiro atoms. The minimum absolute atomic E-state index is 0.197. The molecule has 0 saturated heterocycles. The molecule has 0 nitrogen and oxygen atoms in total. The predicted molar refractivity (Wildman–Crippen MR) is 76.5 cm³/mol. The number of halogens is 2. The van der Waals surface area contributed by atoms with Crippen molar-refractivity contribution in [1.82, 2.24) is 0 Å². The first-order valence-corrected chi connectivity index (χ1v) is 8.03. The molecular formula is C13H18BrClS. The van der Waals surface area contributed by atoms with E-state index in [2.05, 4.69) is 35.8 Å². The van der Waals surface area contributed by atoms with Gasteiger partial charge in [-0.1, -0.05) is 19.8 Å². The van der Waals surface area contributed by atoms with Crippen molar-refractivity contribution in [3.8, 4) is 0 Å². The maximum Gasteiger partial charge on any atom is 0.0704 e. The van der Waals surface area contributed by atoms with Gasteiger partial charge < -0.3 is 0 Å². The maximum atomic E-state index is 6.77. The van der Waals surface area contributed by atoms with Crippen LogP contribution in [-0.4, -0.2) is 0 Å². The summed E-state index contributed by atoms with van der Waals surface area (Å²) in [4.78, 5) is 1.37. The van der Waals surface area contributed by atoms with Gasteiger partial charge in [-0.2, -0.15) is 0 Å². The lowest BCUT2D eigenvalue weighted by molar-refractivity contribution is 0.271. The SMILES string of the molecule is CCC1(C(Cl)c2cc(Br)sc2C)CCCC1. The molecule has 0 radical (unpaired) electrons. The normalized spacial score (nSPS) is 21.2. The number of hydrogen-bond donors (Lipinski definition) is 0. The van der Waals surface area contributed by atoms with Gasteiger partial charge in [-0.3, -0.25) is 0 Å². The Morgan fingerprint density at radius 3 is 2.56 bits per heavy atom. The van der Waals surface area contributed by atoms with Gasteiger partial charge in [0.25, 0.3) is 0 Å². The Hall–Kier alpha value is 0.470. The number of aryl methyl sites for hydroxylation is 1. The van der Waals surface area contributed by atoms with Gasteiger partial charge in [0, 0.05) is 4.88 Å². The predicted octanol–water partition coefficient (Wildman–Crippen LogP) is 6.07. The first kappa shape index (κ1) is 12.9. The average Bonchev–Trinajstić information content (AvgIpc) is 2.85. The van der Waals surface area contributed by atoms with Crippen LogP contribution in [0, 0.1) is 12.3 Å². The average molecular weight is 322 g/mol. The summed E-state index contributed by atoms with van der Waals surface area (Å²) >= 11 is 12.1. The van der Waals surface area contributed by atoms with Gasteiger partial charge in [-0.25, -0.2) is 0 Å². The standard InChI is InChI=1S/C13H18BrClS/c1-3-13(6-4-5-7-13)12(15)10-8-11(14)16-9(10)2/h8,12H,3-7H2,1-2H3. The molecule has 2 rings (SSSR count). The highest BCUT2D eigenvalue weighted by Crippen LogP contribution is 2.54. The van der Waals surface area contributed by atoms with Crippen molar-refractivity contribution in [2.75, 3.05) is 0 Å². The van der Waals surface area contributed by atoms with Crippen LogP contribution < -0.4 is 0 Å². The molecule has 90 valence electrons. The molecule has 1 aromatic heterocycles. The Bertz CT molecular complexity index is 366. The molecule has 0 aromatic carbocycles. The van der Waals surface area contributed by atoms with Gasteiger partial charge in [0.1, 0.15) is 0 Å². The van der Waals surface area contributed by atoms with Crippen molar-refractivity contribution in [2.45, 2.75) is 51.3 Å². The molecule has 0 bridgehead atoms. The smallest absolute Gasteiger partial charge is 0.0704 e. The molecule has 1 aliphatic carbocycles. The van der Waals surface area contributed by atoms with E-state index in [1.54, 1.807) is 11.3 Å². The molecule has 0 N–H and O–H groups in total. The molecule has 1 fully saturated rings. The lowest BCUT2D eigenvalue weighted by Gasteiger charge is -2.33. The van der Waals surface area contributed by atoms with E-state index >= 15 is 0 Å². The lowest BCUT2D eigenvalue weighted by Crippen LogP contribution is -2.21. The summed E-state index contributed by atoms with van der Waals surface area (Å²) in [6.45, 7) is 4.47. The van der Waals surface area contributed by atoms with E-state index in [1.165, 1.54) is 46.3 Å². The van der Waals surface area contributed by atoms with E-state index in [4.69, 9.17) is 11.6 Å². The van der Waals surface area contributed by atoms with Gasteiger partial charge in [-0.15, -0.1) is 22.9 Å². The molecule has 0 aliphatic heterocycles. The van der Waals surface area contributed by atoms with Crippen LogP contribution >= 0.6 is 38.9 Å². The van der Waals surface area contributed by atoms with Crippen LogP contribution in [0.3, 0.4) is 0 Å². The Morgan fingerprint density at radius 2 is 2.12 bits per heavy atom. The maximum absolute atomic E-state index is 6.77. The zero-order valence-electron chi connectivity index (χ0n) is 9.85. The second kappa shape index (κ2) is 4.99. The highest BCUT2D eigenvalue weighted by molar-refractivity contribution is 9.11. The van der Waals surface area contributed by atoms with Gasteiger partial charge in [0.15, 0.2) is 0 Å². The van der Waals surface area contributed by atoms with Crippen molar-refractivity contribution in [3.05, 3.63) is 20.3 Å². The molecule has 1 saturated carbocycles. The summed E-state index contributed by atoms with van der Waals surface area (Å²) in [5, 5.41) is 0.197. The minimum Gasteiger partial charge on any atom is -0.133 e. The Balaban J connectivity index is 2.29.